The van der Waals surface area contributed by atoms with Crippen molar-refractivity contribution in [3.8, 4) is 0 Å². The highest BCUT2D eigenvalue weighted by Crippen LogP contribution is 2.25. The predicted octanol–water partition coefficient (Wildman–Crippen LogP) is -3.82. The second kappa shape index (κ2) is 43.8. The maximum atomic E-state index is 15.3. The number of carbonyl (C=O) groups excluding carboxylic acids is 17. The number of carbonyl (C=O) groups is 17. The Hall–Kier alpha value is -11.8. The van der Waals surface area contributed by atoms with Crippen LogP contribution in [0.3, 0.4) is 0 Å². The first-order chi connectivity index (χ1) is 54.7. The zero-order valence-corrected chi connectivity index (χ0v) is 67.2. The van der Waals surface area contributed by atoms with E-state index in [2.05, 4.69) is 94.0 Å². The molecule has 4 aromatic carbocycles. The van der Waals surface area contributed by atoms with Crippen LogP contribution in [0.2, 0.25) is 0 Å². The molecule has 0 aliphatic rings. The van der Waals surface area contributed by atoms with E-state index >= 15 is 32.8 Å². The lowest BCUT2D eigenvalue weighted by Crippen LogP contribution is -2.65. The van der Waals surface area contributed by atoms with Crippen LogP contribution in [0, 0.1) is 11.6 Å². The Kier molecular flexibility index (Phi) is 35.8. The van der Waals surface area contributed by atoms with E-state index in [0.717, 1.165) is 31.4 Å². The van der Waals surface area contributed by atoms with Gasteiger partial charge in [-0.05, 0) is 126 Å². The molecule has 0 spiro atoms. The molecule has 0 aliphatic carbocycles. The number of H-pyrrole nitrogens is 1. The Labute approximate surface area is 682 Å². The Bertz CT molecular complexity index is 4500. The van der Waals surface area contributed by atoms with Gasteiger partial charge in [-0.3, -0.25) is 81.5 Å². The first kappa shape index (κ1) is 95.7. The third kappa shape index (κ3) is 30.7. The molecule has 1 heterocycles. The SMILES string of the molecule is CC(=O)N[C@H](C(=O)N[C@@H](CCC(N)=O)C(=O)N[C@H](C(=O)N[C@@H](Cc1c[nH]c2ccccc12)C(=O)N[C@@H](CCC(N)=O)C(=O)N[C@H](C(=O)N[C@@H](Cc1cc(F)cc(F)c1)C(=O)N[C@@H](Cc1ccc2ccccc2c1)C(=O)N[C@@](C)(CCCN)C(=O)N[C@@H](CCC(N)=O)C(=O)N[C@@H](CC(N)=O)C(=O)NCC(N)=O)C(C)(C)S)[C@@H](C)O)C(C)(C)S. The lowest BCUT2D eigenvalue weighted by atomic mass is 9.92. The van der Waals surface area contributed by atoms with Crippen LogP contribution >= 0.6 is 25.3 Å². The molecule has 0 radical (unpaired) electrons. The Morgan fingerprint density at radius 1 is 0.470 bits per heavy atom. The van der Waals surface area contributed by atoms with Gasteiger partial charge in [0.25, 0.3) is 0 Å². The summed E-state index contributed by atoms with van der Waals surface area (Å²) < 4.78 is 27.4. The van der Waals surface area contributed by atoms with Crippen molar-refractivity contribution in [1.82, 2.24) is 68.8 Å². The molecule has 0 bridgehead atoms. The number of hydrogen-bond acceptors (Lipinski definition) is 21. The zero-order chi connectivity index (χ0) is 87.6. The van der Waals surface area contributed by atoms with Crippen LogP contribution in [-0.4, -0.2) is 205 Å². The van der Waals surface area contributed by atoms with Gasteiger partial charge in [0.1, 0.15) is 77.6 Å². The summed E-state index contributed by atoms with van der Waals surface area (Å²) in [5.74, 6) is -20.6. The predicted molar refractivity (Wildman–Crippen MR) is 429 cm³/mol. The van der Waals surface area contributed by atoms with Crippen LogP contribution < -0.4 is 98.2 Å². The van der Waals surface area contributed by atoms with Crippen LogP contribution in [0.15, 0.2) is 91.1 Å². The molecule has 12 atom stereocenters. The quantitative estimate of drug-likeness (QED) is 0.0166. The maximum absolute atomic E-state index is 15.3. The summed E-state index contributed by atoms with van der Waals surface area (Å²) in [6.45, 7) is 8.26. The summed E-state index contributed by atoms with van der Waals surface area (Å²) >= 11 is 9.06. The number of amides is 17. The summed E-state index contributed by atoms with van der Waals surface area (Å²) in [7, 11) is 0. The van der Waals surface area contributed by atoms with Crippen LogP contribution in [0.1, 0.15) is 123 Å². The first-order valence-electron chi connectivity index (χ1n) is 37.0. The molecule has 1 aromatic heterocycles. The van der Waals surface area contributed by atoms with Gasteiger partial charge in [-0.2, -0.15) is 25.3 Å². The number of rotatable bonds is 47. The largest absolute Gasteiger partial charge is 0.391 e. The number of nitrogens with one attached hydrogen (secondary N) is 13. The Morgan fingerprint density at radius 3 is 1.45 bits per heavy atom. The number of fused-ring (bicyclic) bond motifs is 2. The third-order valence-corrected chi connectivity index (χ3v) is 18.9. The number of aliphatic hydroxyl groups is 1. The van der Waals surface area contributed by atoms with Crippen molar-refractivity contribution in [2.24, 2.45) is 34.4 Å². The second-order valence-corrected chi connectivity index (χ2v) is 31.8. The number of nitrogens with two attached hydrogens (primary N) is 6. The van der Waals surface area contributed by atoms with Crippen molar-refractivity contribution in [2.45, 2.75) is 207 Å². The van der Waals surface area contributed by atoms with Crippen molar-refractivity contribution in [1.29, 1.82) is 0 Å². The van der Waals surface area contributed by atoms with E-state index in [0.29, 0.717) is 33.5 Å². The van der Waals surface area contributed by atoms with Gasteiger partial charge in [-0.1, -0.05) is 60.7 Å². The molecule has 5 aromatic rings. The van der Waals surface area contributed by atoms with Gasteiger partial charge in [0.05, 0.1) is 19.1 Å². The zero-order valence-electron chi connectivity index (χ0n) is 65.4. The average molecular weight is 1670 g/mol. The monoisotopic (exact) mass is 1670 g/mol. The number of hydrogen-bond donors (Lipinski definition) is 22. The first-order valence-corrected chi connectivity index (χ1v) is 37.9. The molecule has 117 heavy (non-hydrogen) atoms. The van der Waals surface area contributed by atoms with E-state index in [1.807, 2.05) is 0 Å². The van der Waals surface area contributed by atoms with Crippen molar-refractivity contribution < 1.29 is 95.4 Å². The molecule has 17 amide bonds. The normalized spacial score (nSPS) is 14.8. The van der Waals surface area contributed by atoms with Gasteiger partial charge >= 0.3 is 0 Å². The number of aromatic amines is 1. The lowest BCUT2D eigenvalue weighted by molar-refractivity contribution is -0.138. The van der Waals surface area contributed by atoms with Gasteiger partial charge < -0.3 is 108 Å². The summed E-state index contributed by atoms with van der Waals surface area (Å²) in [6.07, 6.45) is -6.37. The number of halogens is 2. The number of benzene rings is 4. The molecule has 37 nitrogen and oxygen atoms in total. The van der Waals surface area contributed by atoms with Crippen molar-refractivity contribution in [3.05, 3.63) is 119 Å². The molecule has 0 saturated carbocycles. The molecule has 636 valence electrons. The van der Waals surface area contributed by atoms with Crippen LogP contribution in [-0.2, 0) is 101 Å². The summed E-state index contributed by atoms with van der Waals surface area (Å²) in [5, 5.41) is 42.3. The fourth-order valence-corrected chi connectivity index (χ4v) is 12.6. The lowest BCUT2D eigenvalue weighted by Gasteiger charge is -2.34. The molecule has 0 saturated heterocycles. The number of primary amides is 5. The average Bonchev–Trinajstić information content (AvgIpc) is 1.81. The third-order valence-electron chi connectivity index (χ3n) is 18.4. The highest BCUT2D eigenvalue weighted by atomic mass is 32.1. The number of aliphatic hydroxyl groups excluding tert-OH is 1. The van der Waals surface area contributed by atoms with E-state index in [1.54, 1.807) is 66.7 Å². The molecular formula is C76H103F2N19O18S2. The second-order valence-electron chi connectivity index (χ2n) is 29.5. The summed E-state index contributed by atoms with van der Waals surface area (Å²) in [6, 6.07) is 3.03. The van der Waals surface area contributed by atoms with Gasteiger partial charge in [-0.25, -0.2) is 8.78 Å². The molecule has 41 heteroatoms. The smallest absolute Gasteiger partial charge is 0.246 e. The highest BCUT2D eigenvalue weighted by Gasteiger charge is 2.44. The minimum atomic E-state index is -2.13. The molecular weight excluding hydrogens is 1570 g/mol. The molecule has 26 N–H and O–H groups in total. The van der Waals surface area contributed by atoms with Crippen molar-refractivity contribution in [3.63, 3.8) is 0 Å². The van der Waals surface area contributed by atoms with Crippen molar-refractivity contribution >= 4 is 147 Å². The Morgan fingerprint density at radius 2 is 0.923 bits per heavy atom. The van der Waals surface area contributed by atoms with Gasteiger partial charge in [-0.15, -0.1) is 0 Å². The summed E-state index contributed by atoms with van der Waals surface area (Å²) in [5.41, 5.74) is 31.8. The standard InChI is InChI=1S/C76H103F2N19O18S2/c1-37(98)60(95-65(107)48(19-22-55(80)100)89-71(113)61(74(3,4)116)87-38(2)99)70(112)92-53(32-43-35-85-47-16-11-10-15-46(43)47)68(110)88-49(20-23-56(81)101)66(108)96-62(75(5,6)117)72(114)93-51(31-40-28-44(77)33-45(78)29-40)67(109)90-52(30-39-17-18-41-13-8-9-14-42(41)27-39)69(111)97-76(7,25-12-26-79)73(115)94-50(21-24-57(82)102)64(106)91-54(34-58(83)103)63(105)86-36-59(84)104/h8-11,13-18,27-29,33,35,37,48-54,60-62,85,98,116-117H,12,19-26,30-32,34,36,79H2,1-7H3,(H2,80,100)(H2,81,101)(H2,82,102)(H2,83,103)(H2,84,104)(H,86,105)(H,87,99)(H,88,110)(H,89,113)(H,90,109)(H,91,106)(H,92,112)(H,93,114)(H,94,115)(H,95,107)(H,96,108)(H,97,111)/t37-,48+,49+,50+,51+,52+,53+,54+,60+,61-,62-,76+/m1/s1. The fraction of sp³-hybridized carbons (Fsp3) is 0.461. The fourth-order valence-electron chi connectivity index (χ4n) is 12.3. The summed E-state index contributed by atoms with van der Waals surface area (Å²) in [4.78, 5) is 236. The van der Waals surface area contributed by atoms with Crippen molar-refractivity contribution in [2.75, 3.05) is 13.1 Å². The van der Waals surface area contributed by atoms with Gasteiger partial charge in [0.15, 0.2) is 0 Å². The topological polar surface area (TPSA) is 627 Å². The van der Waals surface area contributed by atoms with E-state index < -0.39 is 264 Å². The van der Waals surface area contributed by atoms with E-state index in [-0.39, 0.29) is 24.9 Å². The highest BCUT2D eigenvalue weighted by molar-refractivity contribution is 7.82. The Balaban J connectivity index is 1.55. The van der Waals surface area contributed by atoms with E-state index in [1.165, 1.54) is 40.8 Å². The number of aromatic nitrogens is 1. The minimum absolute atomic E-state index is 0.0182. The van der Waals surface area contributed by atoms with E-state index in [4.69, 9.17) is 34.4 Å². The van der Waals surface area contributed by atoms with Crippen LogP contribution in [0.25, 0.3) is 21.7 Å². The van der Waals surface area contributed by atoms with Crippen LogP contribution in [0.4, 0.5) is 8.78 Å². The van der Waals surface area contributed by atoms with Crippen LogP contribution in [0.5, 0.6) is 0 Å². The number of para-hydroxylation sites is 1. The molecule has 0 aliphatic heterocycles. The maximum Gasteiger partial charge on any atom is 0.246 e. The minimum Gasteiger partial charge on any atom is -0.391 e. The molecule has 0 unspecified atom stereocenters. The van der Waals surface area contributed by atoms with E-state index in [9.17, 15) is 62.6 Å². The van der Waals surface area contributed by atoms with Gasteiger partial charge in [0.2, 0.25) is 100 Å². The molecule has 0 fully saturated rings. The number of thiol groups is 2. The molecule has 5 rings (SSSR count). The van der Waals surface area contributed by atoms with Gasteiger partial charge in [0, 0.05) is 78.1 Å².